The normalized spacial score (nSPS) is 14.9. The van der Waals surface area contributed by atoms with Crippen molar-refractivity contribution in [1.29, 1.82) is 0 Å². The van der Waals surface area contributed by atoms with Crippen LogP contribution in [0.2, 0.25) is 5.02 Å². The van der Waals surface area contributed by atoms with Crippen molar-refractivity contribution in [3.05, 3.63) is 34.9 Å². The number of H-pyrrole nitrogens is 1. The maximum Gasteiger partial charge on any atom is 0.225 e. The van der Waals surface area contributed by atoms with E-state index >= 15 is 0 Å². The van der Waals surface area contributed by atoms with Gasteiger partial charge in [0.15, 0.2) is 0 Å². The number of nitrogens with one attached hydrogen (secondary N) is 2. The number of nitrogens with zero attached hydrogens (tertiary/aromatic N) is 2. The first-order chi connectivity index (χ1) is 11.6. The molecule has 0 spiro atoms. The summed E-state index contributed by atoms with van der Waals surface area (Å²) in [6, 6.07) is 4.16. The Morgan fingerprint density at radius 1 is 1.42 bits per heavy atom. The van der Waals surface area contributed by atoms with Gasteiger partial charge in [0.05, 0.1) is 5.69 Å². The summed E-state index contributed by atoms with van der Waals surface area (Å²) >= 11 is 7.10. The lowest BCUT2D eigenvalue weighted by atomic mass is 10.1. The highest BCUT2D eigenvalue weighted by molar-refractivity contribution is 7.99. The second-order valence-corrected chi connectivity index (χ2v) is 7.25. The van der Waals surface area contributed by atoms with Crippen molar-refractivity contribution in [2.75, 3.05) is 11.1 Å². The molecule has 0 saturated heterocycles. The molecule has 0 aliphatic heterocycles. The van der Waals surface area contributed by atoms with Gasteiger partial charge in [-0.25, -0.2) is 9.37 Å². The quantitative estimate of drug-likeness (QED) is 0.742. The van der Waals surface area contributed by atoms with Gasteiger partial charge in [-0.3, -0.25) is 9.89 Å². The number of amides is 1. The van der Waals surface area contributed by atoms with E-state index in [9.17, 15) is 9.18 Å². The monoisotopic (exact) mass is 368 g/mol. The van der Waals surface area contributed by atoms with E-state index in [-0.39, 0.29) is 18.0 Å². The topological polar surface area (TPSA) is 70.7 Å². The molecule has 0 bridgehead atoms. The number of hydrogen-bond donors (Lipinski definition) is 2. The largest absolute Gasteiger partial charge is 0.324 e. The summed E-state index contributed by atoms with van der Waals surface area (Å²) < 4.78 is 13.6. The zero-order valence-electron chi connectivity index (χ0n) is 13.0. The average molecular weight is 369 g/mol. The van der Waals surface area contributed by atoms with E-state index < -0.39 is 5.82 Å². The van der Waals surface area contributed by atoms with E-state index in [0.717, 1.165) is 18.7 Å². The molecule has 1 aromatic carbocycles. The Hall–Kier alpha value is -1.60. The Kier molecular flexibility index (Phi) is 5.73. The number of halogens is 2. The van der Waals surface area contributed by atoms with Crippen LogP contribution in [0.25, 0.3) is 0 Å². The third-order valence-electron chi connectivity index (χ3n) is 3.99. The van der Waals surface area contributed by atoms with Crippen molar-refractivity contribution in [3.8, 4) is 0 Å². The summed E-state index contributed by atoms with van der Waals surface area (Å²) in [5, 5.41) is 10.7. The van der Waals surface area contributed by atoms with E-state index in [2.05, 4.69) is 20.5 Å². The Labute approximate surface area is 148 Å². The van der Waals surface area contributed by atoms with E-state index in [1.54, 1.807) is 0 Å². The second-order valence-electron chi connectivity index (χ2n) is 5.76. The molecule has 1 aromatic heterocycles. The SMILES string of the molecule is O=C(CCSc1n[nH]c(C2CCCC2)n1)Nc1ccc(Cl)cc1F. The van der Waals surface area contributed by atoms with Crippen molar-refractivity contribution < 1.29 is 9.18 Å². The molecule has 1 saturated carbocycles. The smallest absolute Gasteiger partial charge is 0.225 e. The Morgan fingerprint density at radius 2 is 2.21 bits per heavy atom. The molecule has 8 heteroatoms. The van der Waals surface area contributed by atoms with Gasteiger partial charge < -0.3 is 5.32 Å². The number of anilines is 1. The fraction of sp³-hybridized carbons (Fsp3) is 0.438. The van der Waals surface area contributed by atoms with Crippen LogP contribution in [0.3, 0.4) is 0 Å². The summed E-state index contributed by atoms with van der Waals surface area (Å²) in [7, 11) is 0. The highest BCUT2D eigenvalue weighted by atomic mass is 35.5. The van der Waals surface area contributed by atoms with Gasteiger partial charge in [-0.2, -0.15) is 0 Å². The molecule has 3 rings (SSSR count). The molecule has 2 aromatic rings. The van der Waals surface area contributed by atoms with Crippen LogP contribution in [0, 0.1) is 5.82 Å². The van der Waals surface area contributed by atoms with Crippen LogP contribution in [0.15, 0.2) is 23.4 Å². The second kappa shape index (κ2) is 7.98. The van der Waals surface area contributed by atoms with Crippen molar-refractivity contribution in [1.82, 2.24) is 15.2 Å². The van der Waals surface area contributed by atoms with Gasteiger partial charge in [0.25, 0.3) is 0 Å². The number of aromatic nitrogens is 3. The van der Waals surface area contributed by atoms with Gasteiger partial charge in [-0.1, -0.05) is 36.2 Å². The number of hydrogen-bond acceptors (Lipinski definition) is 4. The fourth-order valence-corrected chi connectivity index (χ4v) is 3.64. The molecule has 0 unspecified atom stereocenters. The molecule has 24 heavy (non-hydrogen) atoms. The molecular weight excluding hydrogens is 351 g/mol. The summed E-state index contributed by atoms with van der Waals surface area (Å²) in [6.07, 6.45) is 5.06. The van der Waals surface area contributed by atoms with E-state index in [0.29, 0.717) is 21.8 Å². The zero-order valence-corrected chi connectivity index (χ0v) is 14.6. The molecular formula is C16H18ClFN4OS. The molecule has 0 atom stereocenters. The van der Waals surface area contributed by atoms with Crippen molar-refractivity contribution in [3.63, 3.8) is 0 Å². The molecule has 128 valence electrons. The highest BCUT2D eigenvalue weighted by Gasteiger charge is 2.20. The first-order valence-electron chi connectivity index (χ1n) is 7.92. The molecule has 2 N–H and O–H groups in total. The van der Waals surface area contributed by atoms with Crippen LogP contribution in [0.4, 0.5) is 10.1 Å². The standard InChI is InChI=1S/C16H18ClFN4OS/c17-11-5-6-13(12(18)9-11)19-14(23)7-8-24-16-20-15(21-22-16)10-3-1-2-4-10/h5-6,9-10H,1-4,7-8H2,(H,19,23)(H,20,21,22). The minimum atomic E-state index is -0.543. The number of rotatable bonds is 6. The summed E-state index contributed by atoms with van der Waals surface area (Å²) in [4.78, 5) is 16.4. The van der Waals surface area contributed by atoms with Crippen molar-refractivity contribution in [2.24, 2.45) is 0 Å². The van der Waals surface area contributed by atoms with Crippen LogP contribution < -0.4 is 5.32 Å². The first-order valence-corrected chi connectivity index (χ1v) is 9.28. The minimum absolute atomic E-state index is 0.135. The Balaban J connectivity index is 1.45. The first kappa shape index (κ1) is 17.2. The van der Waals surface area contributed by atoms with Gasteiger partial charge in [0.2, 0.25) is 11.1 Å². The van der Waals surface area contributed by atoms with Crippen LogP contribution in [0.5, 0.6) is 0 Å². The van der Waals surface area contributed by atoms with Crippen LogP contribution in [-0.4, -0.2) is 26.8 Å². The van der Waals surface area contributed by atoms with E-state index in [1.165, 1.54) is 42.8 Å². The van der Waals surface area contributed by atoms with Crippen molar-refractivity contribution >= 4 is 35.0 Å². The van der Waals surface area contributed by atoms with Gasteiger partial charge in [-0.15, -0.1) is 5.10 Å². The van der Waals surface area contributed by atoms with Gasteiger partial charge >= 0.3 is 0 Å². The zero-order chi connectivity index (χ0) is 16.9. The van der Waals surface area contributed by atoms with Crippen LogP contribution >= 0.6 is 23.4 Å². The molecule has 1 aliphatic rings. The maximum absolute atomic E-state index is 13.6. The number of aromatic amines is 1. The third kappa shape index (κ3) is 4.48. The van der Waals surface area contributed by atoms with Crippen LogP contribution in [0.1, 0.15) is 43.8 Å². The van der Waals surface area contributed by atoms with E-state index in [1.807, 2.05) is 0 Å². The average Bonchev–Trinajstić information content (AvgIpc) is 3.21. The van der Waals surface area contributed by atoms with Gasteiger partial charge in [0, 0.05) is 23.1 Å². The predicted octanol–water partition coefficient (Wildman–Crippen LogP) is 4.38. The summed E-state index contributed by atoms with van der Waals surface area (Å²) in [6.45, 7) is 0. The van der Waals surface area contributed by atoms with Crippen LogP contribution in [-0.2, 0) is 4.79 Å². The molecule has 1 amide bonds. The lowest BCUT2D eigenvalue weighted by Crippen LogP contribution is -2.13. The maximum atomic E-state index is 13.6. The summed E-state index contributed by atoms with van der Waals surface area (Å²) in [5.41, 5.74) is 0.135. The molecule has 0 radical (unpaired) electrons. The predicted molar refractivity (Wildman–Crippen MR) is 93.0 cm³/mol. The minimum Gasteiger partial charge on any atom is -0.324 e. The third-order valence-corrected chi connectivity index (χ3v) is 5.07. The highest BCUT2D eigenvalue weighted by Crippen LogP contribution is 2.32. The molecule has 1 heterocycles. The number of carbonyl (C=O) groups excluding carboxylic acids is 1. The summed E-state index contributed by atoms with van der Waals surface area (Å²) in [5.74, 6) is 1.17. The lowest BCUT2D eigenvalue weighted by Gasteiger charge is -2.06. The number of benzene rings is 1. The number of carbonyl (C=O) groups is 1. The van der Waals surface area contributed by atoms with Gasteiger partial charge in [0.1, 0.15) is 11.6 Å². The Bertz CT molecular complexity index is 718. The lowest BCUT2D eigenvalue weighted by molar-refractivity contribution is -0.115. The fourth-order valence-electron chi connectivity index (χ4n) is 2.74. The number of thioether (sulfide) groups is 1. The van der Waals surface area contributed by atoms with Gasteiger partial charge in [-0.05, 0) is 31.0 Å². The van der Waals surface area contributed by atoms with Crippen molar-refractivity contribution in [2.45, 2.75) is 43.2 Å². The molecule has 1 fully saturated rings. The molecule has 1 aliphatic carbocycles. The van der Waals surface area contributed by atoms with E-state index in [4.69, 9.17) is 11.6 Å². The Morgan fingerprint density at radius 3 is 2.96 bits per heavy atom. The molecule has 5 nitrogen and oxygen atoms in total.